The first-order chi connectivity index (χ1) is 6.80. The zero-order valence-electron chi connectivity index (χ0n) is 9.93. The van der Waals surface area contributed by atoms with E-state index in [9.17, 15) is 4.79 Å². The average Bonchev–Trinajstić information content (AvgIpc) is 2.16. The summed E-state index contributed by atoms with van der Waals surface area (Å²) >= 11 is 6.52. The molecule has 2 heteroatoms. The minimum absolute atomic E-state index is 0.00233. The van der Waals surface area contributed by atoms with Gasteiger partial charge in [0.25, 0.3) is 0 Å². The highest BCUT2D eigenvalue weighted by Gasteiger charge is 2.38. The molecule has 1 unspecified atom stereocenters. The van der Waals surface area contributed by atoms with Crippen LogP contribution in [-0.2, 0) is 4.79 Å². The van der Waals surface area contributed by atoms with Gasteiger partial charge in [0.05, 0.1) is 4.87 Å². The average molecular weight is 227 g/mol. The molecular weight excluding hydrogens is 208 g/mol. The molecule has 0 saturated heterocycles. The Morgan fingerprint density at radius 1 is 1.53 bits per heavy atom. The predicted molar refractivity (Wildman–Crippen MR) is 65.2 cm³/mol. The van der Waals surface area contributed by atoms with Crippen molar-refractivity contribution < 1.29 is 4.79 Å². The van der Waals surface area contributed by atoms with Crippen molar-refractivity contribution in [1.29, 1.82) is 0 Å². The van der Waals surface area contributed by atoms with E-state index in [1.165, 1.54) is 0 Å². The number of allylic oxidation sites excluding steroid dienone is 4. The lowest BCUT2D eigenvalue weighted by atomic mass is 9.75. The minimum Gasteiger partial charge on any atom is -0.294 e. The fraction of sp³-hybridized carbons (Fsp3) is 0.615. The lowest BCUT2D eigenvalue weighted by molar-refractivity contribution is -0.115. The van der Waals surface area contributed by atoms with Gasteiger partial charge >= 0.3 is 0 Å². The number of ketones is 1. The number of rotatable bonds is 2. The molecule has 0 aromatic rings. The van der Waals surface area contributed by atoms with Crippen LogP contribution >= 0.6 is 11.6 Å². The van der Waals surface area contributed by atoms with Crippen LogP contribution in [0.3, 0.4) is 0 Å². The van der Waals surface area contributed by atoms with Crippen molar-refractivity contribution in [2.45, 2.75) is 45.4 Å². The summed E-state index contributed by atoms with van der Waals surface area (Å²) in [7, 11) is 0. The highest BCUT2D eigenvalue weighted by molar-refractivity contribution is 6.26. The molecule has 0 radical (unpaired) electrons. The first kappa shape index (κ1) is 12.5. The SMILES string of the molecule is CCC(=O)C1=CCC(Cl)(C(C)(C)C)C=C1. The third kappa shape index (κ3) is 2.52. The second-order valence-electron chi connectivity index (χ2n) is 5.09. The van der Waals surface area contributed by atoms with Crippen molar-refractivity contribution in [1.82, 2.24) is 0 Å². The van der Waals surface area contributed by atoms with Gasteiger partial charge in [-0.25, -0.2) is 0 Å². The molecule has 0 amide bonds. The molecule has 84 valence electrons. The summed E-state index contributed by atoms with van der Waals surface area (Å²) in [4.78, 5) is 11.1. The Morgan fingerprint density at radius 3 is 2.47 bits per heavy atom. The van der Waals surface area contributed by atoms with E-state index < -0.39 is 0 Å². The highest BCUT2D eigenvalue weighted by Crippen LogP contribution is 2.43. The number of alkyl halides is 1. The van der Waals surface area contributed by atoms with Gasteiger partial charge < -0.3 is 0 Å². The second-order valence-corrected chi connectivity index (χ2v) is 5.76. The molecule has 15 heavy (non-hydrogen) atoms. The van der Waals surface area contributed by atoms with Gasteiger partial charge in [-0.2, -0.15) is 0 Å². The first-order valence-electron chi connectivity index (χ1n) is 5.41. The van der Waals surface area contributed by atoms with Crippen molar-refractivity contribution in [2.75, 3.05) is 0 Å². The molecule has 0 heterocycles. The van der Waals surface area contributed by atoms with Crippen LogP contribution in [0.15, 0.2) is 23.8 Å². The van der Waals surface area contributed by atoms with Gasteiger partial charge in [0.1, 0.15) is 0 Å². The molecule has 1 atom stereocenters. The summed E-state index contributed by atoms with van der Waals surface area (Å²) in [6, 6.07) is 0. The number of carbonyl (C=O) groups is 1. The zero-order chi connectivity index (χ0) is 11.7. The molecule has 1 nitrogen and oxygen atoms in total. The topological polar surface area (TPSA) is 17.1 Å². The monoisotopic (exact) mass is 226 g/mol. The zero-order valence-corrected chi connectivity index (χ0v) is 10.7. The number of Topliss-reactive ketones (excluding diaryl/α,β-unsaturated/α-hetero) is 1. The minimum atomic E-state index is -0.357. The van der Waals surface area contributed by atoms with E-state index in [-0.39, 0.29) is 16.1 Å². The van der Waals surface area contributed by atoms with Crippen LogP contribution in [0.1, 0.15) is 40.5 Å². The molecule has 0 spiro atoms. The van der Waals surface area contributed by atoms with E-state index >= 15 is 0 Å². The Balaban J connectivity index is 2.84. The van der Waals surface area contributed by atoms with Crippen molar-refractivity contribution in [2.24, 2.45) is 5.41 Å². The maximum Gasteiger partial charge on any atom is 0.162 e. The van der Waals surface area contributed by atoms with E-state index in [4.69, 9.17) is 11.6 Å². The van der Waals surface area contributed by atoms with Crippen molar-refractivity contribution in [3.63, 3.8) is 0 Å². The lowest BCUT2D eigenvalue weighted by Crippen LogP contribution is -2.36. The van der Waals surface area contributed by atoms with Gasteiger partial charge in [0.15, 0.2) is 5.78 Å². The van der Waals surface area contributed by atoms with Crippen molar-refractivity contribution in [3.8, 4) is 0 Å². The number of carbonyl (C=O) groups excluding carboxylic acids is 1. The van der Waals surface area contributed by atoms with Crippen LogP contribution in [0.25, 0.3) is 0 Å². The normalized spacial score (nSPS) is 26.3. The molecule has 0 bridgehead atoms. The van der Waals surface area contributed by atoms with Gasteiger partial charge in [-0.15, -0.1) is 11.6 Å². The fourth-order valence-electron chi connectivity index (χ4n) is 1.58. The molecular formula is C13H19ClO. The highest BCUT2D eigenvalue weighted by atomic mass is 35.5. The summed E-state index contributed by atoms with van der Waals surface area (Å²) in [6.07, 6.45) is 7.09. The summed E-state index contributed by atoms with van der Waals surface area (Å²) in [6.45, 7) is 8.23. The Kier molecular flexibility index (Phi) is 3.44. The Labute approximate surface area is 97.2 Å². The van der Waals surface area contributed by atoms with Crippen LogP contribution < -0.4 is 0 Å². The van der Waals surface area contributed by atoms with Gasteiger partial charge in [0, 0.05) is 12.0 Å². The van der Waals surface area contributed by atoms with E-state index in [2.05, 4.69) is 20.8 Å². The third-order valence-electron chi connectivity index (χ3n) is 3.04. The molecule has 1 aliphatic rings. The molecule has 0 aliphatic heterocycles. The van der Waals surface area contributed by atoms with E-state index in [1.54, 1.807) is 0 Å². The van der Waals surface area contributed by atoms with Crippen LogP contribution in [0, 0.1) is 5.41 Å². The molecule has 0 N–H and O–H groups in total. The fourth-order valence-corrected chi connectivity index (χ4v) is 1.72. The predicted octanol–water partition coefficient (Wildman–Crippen LogP) is 3.88. The smallest absolute Gasteiger partial charge is 0.162 e. The van der Waals surface area contributed by atoms with E-state index in [0.29, 0.717) is 6.42 Å². The maximum atomic E-state index is 11.5. The Morgan fingerprint density at radius 2 is 2.13 bits per heavy atom. The van der Waals surface area contributed by atoms with Gasteiger partial charge in [-0.05, 0) is 11.8 Å². The standard InChI is InChI=1S/C13H19ClO/c1-5-11(15)10-6-8-13(14,9-7-10)12(2,3)4/h6-8H,5,9H2,1-4H3. The molecule has 0 saturated carbocycles. The van der Waals surface area contributed by atoms with Gasteiger partial charge in [-0.3, -0.25) is 4.79 Å². The van der Waals surface area contributed by atoms with E-state index in [1.807, 2.05) is 25.2 Å². The van der Waals surface area contributed by atoms with Gasteiger partial charge in [0.2, 0.25) is 0 Å². The van der Waals surface area contributed by atoms with Crippen LogP contribution in [0.4, 0.5) is 0 Å². The third-order valence-corrected chi connectivity index (χ3v) is 3.88. The molecule has 1 rings (SSSR count). The number of hydrogen-bond donors (Lipinski definition) is 0. The maximum absolute atomic E-state index is 11.5. The van der Waals surface area contributed by atoms with Crippen LogP contribution in [0.5, 0.6) is 0 Å². The quantitative estimate of drug-likeness (QED) is 0.654. The lowest BCUT2D eigenvalue weighted by Gasteiger charge is -2.38. The summed E-state index contributed by atoms with van der Waals surface area (Å²) in [5.74, 6) is 0.193. The van der Waals surface area contributed by atoms with Crippen LogP contribution in [0.2, 0.25) is 0 Å². The van der Waals surface area contributed by atoms with Crippen LogP contribution in [-0.4, -0.2) is 10.7 Å². The van der Waals surface area contributed by atoms with Gasteiger partial charge in [-0.1, -0.05) is 45.9 Å². The first-order valence-corrected chi connectivity index (χ1v) is 5.79. The largest absolute Gasteiger partial charge is 0.294 e. The molecule has 0 aromatic heterocycles. The Hall–Kier alpha value is -0.560. The van der Waals surface area contributed by atoms with E-state index in [0.717, 1.165) is 12.0 Å². The van der Waals surface area contributed by atoms with Crippen molar-refractivity contribution >= 4 is 17.4 Å². The number of hydrogen-bond acceptors (Lipinski definition) is 1. The molecule has 0 fully saturated rings. The summed E-state index contributed by atoms with van der Waals surface area (Å²) in [5.41, 5.74) is 0.806. The summed E-state index contributed by atoms with van der Waals surface area (Å²) < 4.78 is 0. The second kappa shape index (κ2) is 4.13. The number of halogens is 1. The Bertz CT molecular complexity index is 320. The molecule has 1 aliphatic carbocycles. The summed E-state index contributed by atoms with van der Waals surface area (Å²) in [5, 5.41) is 0. The molecule has 0 aromatic carbocycles. The van der Waals surface area contributed by atoms with Crippen molar-refractivity contribution in [3.05, 3.63) is 23.8 Å².